The standard InChI is InChI=1S/C10H11N3O2S2/c1-8-7-16-10(12-8)13(2)17(14,15)9-4-3-5-11-6-9/h3-7H,1-2H3. The van der Waals surface area contributed by atoms with Gasteiger partial charge in [0.25, 0.3) is 10.0 Å². The molecule has 0 spiro atoms. The summed E-state index contributed by atoms with van der Waals surface area (Å²) in [5.74, 6) is 0. The van der Waals surface area contributed by atoms with Gasteiger partial charge in [0, 0.05) is 24.8 Å². The number of thiazole rings is 1. The molecule has 0 fully saturated rings. The Morgan fingerprint density at radius 2 is 2.18 bits per heavy atom. The Hall–Kier alpha value is -1.47. The number of nitrogens with zero attached hydrogens (tertiary/aromatic N) is 3. The van der Waals surface area contributed by atoms with E-state index < -0.39 is 10.0 Å². The maximum absolute atomic E-state index is 12.2. The third kappa shape index (κ3) is 2.29. The molecule has 7 heteroatoms. The van der Waals surface area contributed by atoms with Crippen molar-refractivity contribution in [2.45, 2.75) is 11.8 Å². The largest absolute Gasteiger partial charge is 0.267 e. The van der Waals surface area contributed by atoms with Crippen molar-refractivity contribution in [2.75, 3.05) is 11.4 Å². The number of hydrogen-bond donors (Lipinski definition) is 0. The Morgan fingerprint density at radius 3 is 2.71 bits per heavy atom. The van der Waals surface area contributed by atoms with Crippen LogP contribution in [0.2, 0.25) is 0 Å². The molecule has 5 nitrogen and oxygen atoms in total. The average molecular weight is 269 g/mol. The van der Waals surface area contributed by atoms with Crippen molar-refractivity contribution in [1.29, 1.82) is 0 Å². The van der Waals surface area contributed by atoms with Gasteiger partial charge in [0.1, 0.15) is 4.90 Å². The van der Waals surface area contributed by atoms with Gasteiger partial charge in [-0.3, -0.25) is 4.98 Å². The highest BCUT2D eigenvalue weighted by atomic mass is 32.2. The van der Waals surface area contributed by atoms with Crippen molar-refractivity contribution in [3.05, 3.63) is 35.6 Å². The van der Waals surface area contributed by atoms with E-state index in [1.165, 1.54) is 41.1 Å². The minimum absolute atomic E-state index is 0.162. The van der Waals surface area contributed by atoms with Crippen LogP contribution >= 0.6 is 11.3 Å². The first kappa shape index (κ1) is 12.0. The van der Waals surface area contributed by atoms with Crippen molar-refractivity contribution in [2.24, 2.45) is 0 Å². The molecule has 0 aliphatic carbocycles. The molecule has 0 aliphatic rings. The van der Waals surface area contributed by atoms with Gasteiger partial charge in [-0.25, -0.2) is 17.7 Å². The molecule has 0 aromatic carbocycles. The summed E-state index contributed by atoms with van der Waals surface area (Å²) in [5, 5.41) is 2.26. The number of hydrogen-bond acceptors (Lipinski definition) is 5. The van der Waals surface area contributed by atoms with E-state index in [9.17, 15) is 8.42 Å². The van der Waals surface area contributed by atoms with Gasteiger partial charge in [-0.2, -0.15) is 0 Å². The quantitative estimate of drug-likeness (QED) is 0.850. The molecule has 17 heavy (non-hydrogen) atoms. The molecule has 90 valence electrons. The van der Waals surface area contributed by atoms with E-state index in [2.05, 4.69) is 9.97 Å². The maximum Gasteiger partial charge on any atom is 0.267 e. The Morgan fingerprint density at radius 1 is 1.41 bits per heavy atom. The molecule has 2 aromatic rings. The summed E-state index contributed by atoms with van der Waals surface area (Å²) >= 11 is 1.29. The number of aromatic nitrogens is 2. The lowest BCUT2D eigenvalue weighted by Crippen LogP contribution is -2.26. The van der Waals surface area contributed by atoms with Crippen LogP contribution in [0.1, 0.15) is 5.69 Å². The molecule has 0 saturated carbocycles. The molecule has 0 bridgehead atoms. The zero-order valence-electron chi connectivity index (χ0n) is 9.36. The van der Waals surface area contributed by atoms with Crippen molar-refractivity contribution < 1.29 is 8.42 Å². The third-order valence-electron chi connectivity index (χ3n) is 2.17. The normalized spacial score (nSPS) is 11.4. The molecule has 0 saturated heterocycles. The van der Waals surface area contributed by atoms with Crippen LogP contribution in [0.3, 0.4) is 0 Å². The van der Waals surface area contributed by atoms with E-state index in [0.29, 0.717) is 5.13 Å². The van der Waals surface area contributed by atoms with Gasteiger partial charge in [-0.05, 0) is 19.1 Å². The second-order valence-corrected chi connectivity index (χ2v) is 6.24. The molecule has 0 N–H and O–H groups in total. The van der Waals surface area contributed by atoms with E-state index in [4.69, 9.17) is 0 Å². The first-order valence-corrected chi connectivity index (χ1v) is 7.15. The molecular formula is C10H11N3O2S2. The van der Waals surface area contributed by atoms with Crippen LogP contribution in [0, 0.1) is 6.92 Å². The summed E-state index contributed by atoms with van der Waals surface area (Å²) in [6.07, 6.45) is 2.86. The van der Waals surface area contributed by atoms with Crippen LogP contribution in [0.4, 0.5) is 5.13 Å². The fraction of sp³-hybridized carbons (Fsp3) is 0.200. The first-order chi connectivity index (χ1) is 8.01. The Balaban J connectivity index is 2.40. The summed E-state index contributed by atoms with van der Waals surface area (Å²) in [6, 6.07) is 3.10. The summed E-state index contributed by atoms with van der Waals surface area (Å²) < 4.78 is 25.6. The molecule has 0 aliphatic heterocycles. The Kier molecular flexibility index (Phi) is 3.12. The lowest BCUT2D eigenvalue weighted by atomic mass is 10.5. The van der Waals surface area contributed by atoms with Gasteiger partial charge in [0.05, 0.1) is 5.69 Å². The number of aryl methyl sites for hydroxylation is 1. The van der Waals surface area contributed by atoms with E-state index >= 15 is 0 Å². The van der Waals surface area contributed by atoms with Crippen LogP contribution in [-0.4, -0.2) is 25.4 Å². The molecule has 0 atom stereocenters. The number of sulfonamides is 1. The first-order valence-electron chi connectivity index (χ1n) is 4.83. The van der Waals surface area contributed by atoms with Crippen LogP contribution in [0.5, 0.6) is 0 Å². The monoisotopic (exact) mass is 269 g/mol. The van der Waals surface area contributed by atoms with E-state index in [0.717, 1.165) is 5.69 Å². The highest BCUT2D eigenvalue weighted by Crippen LogP contribution is 2.24. The fourth-order valence-corrected chi connectivity index (χ4v) is 3.35. The zero-order chi connectivity index (χ0) is 12.5. The van der Waals surface area contributed by atoms with Crippen molar-refractivity contribution in [3.63, 3.8) is 0 Å². The van der Waals surface area contributed by atoms with Crippen LogP contribution in [0.15, 0.2) is 34.8 Å². The van der Waals surface area contributed by atoms with E-state index in [-0.39, 0.29) is 4.90 Å². The third-order valence-corrected chi connectivity index (χ3v) is 5.05. The predicted octanol–water partition coefficient (Wildman–Crippen LogP) is 1.67. The molecule has 0 radical (unpaired) electrons. The molecule has 2 aromatic heterocycles. The molecule has 0 amide bonds. The summed E-state index contributed by atoms with van der Waals surface area (Å²) in [4.78, 5) is 8.12. The van der Waals surface area contributed by atoms with Gasteiger partial charge in [0.2, 0.25) is 0 Å². The molecule has 0 unspecified atom stereocenters. The minimum Gasteiger partial charge on any atom is -0.263 e. The fourth-order valence-electron chi connectivity index (χ4n) is 1.25. The number of pyridine rings is 1. The highest BCUT2D eigenvalue weighted by molar-refractivity contribution is 7.93. The van der Waals surface area contributed by atoms with Gasteiger partial charge in [-0.1, -0.05) is 0 Å². The lowest BCUT2D eigenvalue weighted by Gasteiger charge is -2.15. The van der Waals surface area contributed by atoms with Gasteiger partial charge in [0.15, 0.2) is 5.13 Å². The second kappa shape index (κ2) is 4.42. The summed E-state index contributed by atoms with van der Waals surface area (Å²) in [7, 11) is -2.07. The van der Waals surface area contributed by atoms with Crippen molar-refractivity contribution >= 4 is 26.5 Å². The molecule has 2 rings (SSSR count). The SMILES string of the molecule is Cc1csc(N(C)S(=O)(=O)c2cccnc2)n1. The van der Waals surface area contributed by atoms with Gasteiger partial charge in [-0.15, -0.1) is 11.3 Å². The smallest absolute Gasteiger partial charge is 0.263 e. The Labute approximate surface area is 104 Å². The summed E-state index contributed by atoms with van der Waals surface area (Å²) in [5.41, 5.74) is 0.804. The van der Waals surface area contributed by atoms with Crippen molar-refractivity contribution in [1.82, 2.24) is 9.97 Å². The zero-order valence-corrected chi connectivity index (χ0v) is 11.0. The average Bonchev–Trinajstić information content (AvgIpc) is 2.76. The lowest BCUT2D eigenvalue weighted by molar-refractivity contribution is 0.594. The van der Waals surface area contributed by atoms with Crippen LogP contribution < -0.4 is 4.31 Å². The van der Waals surface area contributed by atoms with E-state index in [1.54, 1.807) is 6.07 Å². The molecular weight excluding hydrogens is 258 g/mol. The maximum atomic E-state index is 12.2. The van der Waals surface area contributed by atoms with Crippen LogP contribution in [-0.2, 0) is 10.0 Å². The van der Waals surface area contributed by atoms with Gasteiger partial charge < -0.3 is 0 Å². The molecule has 2 heterocycles. The number of rotatable bonds is 3. The van der Waals surface area contributed by atoms with Gasteiger partial charge >= 0.3 is 0 Å². The summed E-state index contributed by atoms with van der Waals surface area (Å²) in [6.45, 7) is 1.82. The number of anilines is 1. The van der Waals surface area contributed by atoms with Crippen LogP contribution in [0.25, 0.3) is 0 Å². The second-order valence-electron chi connectivity index (χ2n) is 3.43. The van der Waals surface area contributed by atoms with Crippen molar-refractivity contribution in [3.8, 4) is 0 Å². The predicted molar refractivity (Wildman–Crippen MR) is 66.7 cm³/mol. The van der Waals surface area contributed by atoms with E-state index in [1.807, 2.05) is 12.3 Å². The Bertz CT molecular complexity index is 607. The highest BCUT2D eigenvalue weighted by Gasteiger charge is 2.23. The minimum atomic E-state index is -3.56. The topological polar surface area (TPSA) is 63.2 Å².